The molecule has 2 N–H and O–H groups in total. The number of rotatable bonds is 7. The van der Waals surface area contributed by atoms with Crippen molar-refractivity contribution in [3.05, 3.63) is 69.4 Å². The van der Waals surface area contributed by atoms with Gasteiger partial charge in [0.1, 0.15) is 17.2 Å². The number of hydrogen-bond donors (Lipinski definition) is 2. The maximum Gasteiger partial charge on any atom is 0.407 e. The highest BCUT2D eigenvalue weighted by Gasteiger charge is 2.28. The van der Waals surface area contributed by atoms with Crippen LogP contribution in [0.25, 0.3) is 0 Å². The molecular formula is C26H29N5O3S. The zero-order valence-electron chi connectivity index (χ0n) is 20.1. The Morgan fingerprint density at radius 1 is 1.34 bits per heavy atom. The molecule has 1 aliphatic rings. The first-order valence-corrected chi connectivity index (χ1v) is 12.5. The van der Waals surface area contributed by atoms with Gasteiger partial charge in [0.05, 0.1) is 23.5 Å². The van der Waals surface area contributed by atoms with Crippen molar-refractivity contribution in [2.24, 2.45) is 7.05 Å². The van der Waals surface area contributed by atoms with Crippen LogP contribution in [0.1, 0.15) is 58.6 Å². The number of carbonyl (C=O) groups excluding carboxylic acids is 2. The fourth-order valence-electron chi connectivity index (χ4n) is 4.40. The van der Waals surface area contributed by atoms with Gasteiger partial charge in [0.15, 0.2) is 0 Å². The Bertz CT molecular complexity index is 1260. The second-order valence-electron chi connectivity index (χ2n) is 8.91. The molecule has 0 saturated carbocycles. The lowest BCUT2D eigenvalue weighted by Crippen LogP contribution is -2.32. The summed E-state index contributed by atoms with van der Waals surface area (Å²) in [6.07, 6.45) is 1.38. The van der Waals surface area contributed by atoms with Crippen molar-refractivity contribution >= 4 is 28.3 Å². The molecule has 1 aliphatic carbocycles. The van der Waals surface area contributed by atoms with Crippen LogP contribution >= 0.6 is 11.3 Å². The molecule has 2 aromatic heterocycles. The van der Waals surface area contributed by atoms with Gasteiger partial charge in [-0.25, -0.2) is 4.79 Å². The molecule has 0 spiro atoms. The smallest absolute Gasteiger partial charge is 0.407 e. The largest absolute Gasteiger partial charge is 0.446 e. The summed E-state index contributed by atoms with van der Waals surface area (Å²) in [6.45, 7) is 4.25. The fraction of sp³-hybridized carbons (Fsp3) is 0.385. The van der Waals surface area contributed by atoms with Crippen molar-refractivity contribution < 1.29 is 14.3 Å². The van der Waals surface area contributed by atoms with Gasteiger partial charge in [-0.05, 0) is 42.9 Å². The number of hydrogen-bond acceptors (Lipinski definition) is 6. The lowest BCUT2D eigenvalue weighted by Gasteiger charge is -2.22. The first-order chi connectivity index (χ1) is 16.8. The quantitative estimate of drug-likeness (QED) is 0.503. The molecule has 4 rings (SSSR count). The third-order valence-electron chi connectivity index (χ3n) is 6.23. The van der Waals surface area contributed by atoms with Gasteiger partial charge in [-0.15, -0.1) is 11.3 Å². The van der Waals surface area contributed by atoms with Crippen molar-refractivity contribution in [1.82, 2.24) is 15.1 Å². The summed E-state index contributed by atoms with van der Waals surface area (Å²) in [4.78, 5) is 26.0. The fourth-order valence-corrected chi connectivity index (χ4v) is 5.68. The average Bonchev–Trinajstić information content (AvgIpc) is 3.34. The van der Waals surface area contributed by atoms with Gasteiger partial charge >= 0.3 is 6.09 Å². The number of thiophene rings is 1. The molecule has 0 aliphatic heterocycles. The van der Waals surface area contributed by atoms with Crippen LogP contribution in [0.2, 0.25) is 0 Å². The lowest BCUT2D eigenvalue weighted by atomic mass is 9.93. The van der Waals surface area contributed by atoms with Gasteiger partial charge in [0, 0.05) is 24.8 Å². The highest BCUT2D eigenvalue weighted by molar-refractivity contribution is 7.16. The summed E-state index contributed by atoms with van der Waals surface area (Å²) < 4.78 is 7.37. The van der Waals surface area contributed by atoms with Crippen LogP contribution in [-0.4, -0.2) is 27.9 Å². The third-order valence-corrected chi connectivity index (χ3v) is 7.40. The highest BCUT2D eigenvalue weighted by atomic mass is 32.1. The van der Waals surface area contributed by atoms with E-state index in [4.69, 9.17) is 4.74 Å². The van der Waals surface area contributed by atoms with Crippen molar-refractivity contribution in [2.75, 3.05) is 5.32 Å². The maximum atomic E-state index is 12.7. The minimum absolute atomic E-state index is 0.0721. The molecule has 0 saturated heterocycles. The van der Waals surface area contributed by atoms with E-state index in [1.165, 1.54) is 11.3 Å². The Hall–Kier alpha value is -3.64. The SMILES string of the molecule is Cc1cc(CNC(=O)OC2CCc3c(sc(NC(=O)CC(C)c4ccccc4)c3C#N)C2)n(C)n1. The Morgan fingerprint density at radius 3 is 2.80 bits per heavy atom. The number of nitriles is 1. The Labute approximate surface area is 208 Å². The van der Waals surface area contributed by atoms with E-state index in [2.05, 4.69) is 21.8 Å². The summed E-state index contributed by atoms with van der Waals surface area (Å²) in [5.74, 6) is -0.0445. The molecule has 8 nitrogen and oxygen atoms in total. The molecule has 0 radical (unpaired) electrons. The number of carbonyl (C=O) groups is 2. The zero-order chi connectivity index (χ0) is 24.9. The Kier molecular flexibility index (Phi) is 7.51. The highest BCUT2D eigenvalue weighted by Crippen LogP contribution is 2.38. The van der Waals surface area contributed by atoms with E-state index >= 15 is 0 Å². The lowest BCUT2D eigenvalue weighted by molar-refractivity contribution is -0.116. The van der Waals surface area contributed by atoms with Crippen molar-refractivity contribution in [3.63, 3.8) is 0 Å². The molecule has 1 aromatic carbocycles. The minimum atomic E-state index is -0.474. The molecule has 2 heterocycles. The number of benzene rings is 1. The monoisotopic (exact) mass is 491 g/mol. The number of nitrogens with one attached hydrogen (secondary N) is 2. The molecule has 0 bridgehead atoms. The van der Waals surface area contributed by atoms with Crippen molar-refractivity contribution in [1.29, 1.82) is 5.26 Å². The predicted molar refractivity (Wildman–Crippen MR) is 134 cm³/mol. The first-order valence-electron chi connectivity index (χ1n) is 11.7. The van der Waals surface area contributed by atoms with E-state index < -0.39 is 6.09 Å². The number of anilines is 1. The van der Waals surface area contributed by atoms with Gasteiger partial charge in [-0.2, -0.15) is 10.4 Å². The topological polar surface area (TPSA) is 109 Å². The summed E-state index contributed by atoms with van der Waals surface area (Å²) in [5, 5.41) is 20.3. The third kappa shape index (κ3) is 5.89. The van der Waals surface area contributed by atoms with Crippen LogP contribution in [-0.2, 0) is 36.0 Å². The number of amides is 2. The number of ether oxygens (including phenoxy) is 1. The zero-order valence-corrected chi connectivity index (χ0v) is 20.9. The maximum absolute atomic E-state index is 12.7. The summed E-state index contributed by atoms with van der Waals surface area (Å²) in [6, 6.07) is 14.1. The predicted octanol–water partition coefficient (Wildman–Crippen LogP) is 4.58. The summed E-state index contributed by atoms with van der Waals surface area (Å²) in [7, 11) is 1.83. The van der Waals surface area contributed by atoms with Crippen LogP contribution in [0.5, 0.6) is 0 Å². The normalized spacial score (nSPS) is 15.5. The molecule has 3 aromatic rings. The Morgan fingerprint density at radius 2 is 2.11 bits per heavy atom. The first kappa shape index (κ1) is 24.5. The molecule has 2 atom stereocenters. The average molecular weight is 492 g/mol. The number of aromatic nitrogens is 2. The van der Waals surface area contributed by atoms with Crippen molar-refractivity contribution in [2.45, 2.75) is 58.1 Å². The van der Waals surface area contributed by atoms with Gasteiger partial charge < -0.3 is 15.4 Å². The molecule has 0 fully saturated rings. The van der Waals surface area contributed by atoms with Crippen LogP contribution in [0.3, 0.4) is 0 Å². The standard InChI is InChI=1S/C26H29N5O3S/c1-16(18-7-5-4-6-8-18)11-24(32)29-25-22(14-27)21-10-9-20(13-23(21)35-25)34-26(33)28-15-19-12-17(2)30-31(19)3/h4-8,12,16,20H,9-11,13,15H2,1-3H3,(H,28,33)(H,29,32). The van der Waals surface area contributed by atoms with Crippen molar-refractivity contribution in [3.8, 4) is 6.07 Å². The number of fused-ring (bicyclic) bond motifs is 1. The second-order valence-corrected chi connectivity index (χ2v) is 10.0. The summed E-state index contributed by atoms with van der Waals surface area (Å²) in [5.41, 5.74) is 4.37. The molecule has 182 valence electrons. The van der Waals surface area contributed by atoms with Crippen LogP contribution in [0.15, 0.2) is 36.4 Å². The van der Waals surface area contributed by atoms with Gasteiger partial charge in [-0.3, -0.25) is 9.48 Å². The summed E-state index contributed by atoms with van der Waals surface area (Å²) >= 11 is 1.41. The van der Waals surface area contributed by atoms with E-state index in [1.807, 2.05) is 57.3 Å². The van der Waals surface area contributed by atoms with Crippen LogP contribution in [0, 0.1) is 18.3 Å². The molecule has 2 amide bonds. The number of alkyl carbamates (subject to hydrolysis) is 1. The van der Waals surface area contributed by atoms with Gasteiger partial charge in [-0.1, -0.05) is 37.3 Å². The second kappa shape index (κ2) is 10.7. The number of aryl methyl sites for hydroxylation is 2. The van der Waals surface area contributed by atoms with E-state index in [9.17, 15) is 14.9 Å². The molecule has 35 heavy (non-hydrogen) atoms. The van der Waals surface area contributed by atoms with Crippen LogP contribution in [0.4, 0.5) is 9.80 Å². The van der Waals surface area contributed by atoms with Gasteiger partial charge in [0.25, 0.3) is 0 Å². The molecular weight excluding hydrogens is 462 g/mol. The van der Waals surface area contributed by atoms with E-state index in [0.29, 0.717) is 42.8 Å². The minimum Gasteiger partial charge on any atom is -0.446 e. The Balaban J connectivity index is 1.34. The number of nitrogens with zero attached hydrogens (tertiary/aromatic N) is 3. The van der Waals surface area contributed by atoms with E-state index in [1.54, 1.807) is 4.68 Å². The van der Waals surface area contributed by atoms with E-state index in [-0.39, 0.29) is 17.9 Å². The molecule has 2 unspecified atom stereocenters. The molecule has 9 heteroatoms. The van der Waals surface area contributed by atoms with Gasteiger partial charge in [0.2, 0.25) is 5.91 Å². The van der Waals surface area contributed by atoms with E-state index in [0.717, 1.165) is 27.4 Å². The van der Waals surface area contributed by atoms with Crippen LogP contribution < -0.4 is 10.6 Å².